The third-order valence-corrected chi connectivity index (χ3v) is 3.36. The Balaban J connectivity index is 2.33. The molecule has 0 spiro atoms. The molecule has 0 aliphatic carbocycles. The molecule has 1 aromatic rings. The Labute approximate surface area is 114 Å². The first kappa shape index (κ1) is 14.1. The van der Waals surface area contributed by atoms with Crippen LogP contribution in [0.2, 0.25) is 0 Å². The summed E-state index contributed by atoms with van der Waals surface area (Å²) in [6, 6.07) is 3.31. The zero-order valence-electron chi connectivity index (χ0n) is 10.6. The van der Waals surface area contributed by atoms with E-state index in [2.05, 4.69) is 5.32 Å². The summed E-state index contributed by atoms with van der Waals surface area (Å²) in [7, 11) is 0. The highest BCUT2D eigenvalue weighted by Crippen LogP contribution is 2.29. The van der Waals surface area contributed by atoms with E-state index in [1.807, 2.05) is 0 Å². The minimum Gasteiger partial charge on any atom is -0.317 e. The summed E-state index contributed by atoms with van der Waals surface area (Å²) < 4.78 is 0. The Kier molecular flexibility index (Phi) is 4.04. The van der Waals surface area contributed by atoms with Crippen LogP contribution in [0.4, 0.5) is 11.4 Å². The van der Waals surface area contributed by atoms with Gasteiger partial charge in [-0.3, -0.25) is 25.0 Å². The Morgan fingerprint density at radius 3 is 2.25 bits per heavy atom. The average molecular weight is 279 g/mol. The van der Waals surface area contributed by atoms with Crippen molar-refractivity contribution in [2.24, 2.45) is 5.92 Å². The minimum absolute atomic E-state index is 0.161. The summed E-state index contributed by atoms with van der Waals surface area (Å²) in [4.78, 5) is 32.2. The van der Waals surface area contributed by atoms with E-state index in [4.69, 9.17) is 0 Å². The maximum Gasteiger partial charge on any atom is 0.346 e. The van der Waals surface area contributed by atoms with Crippen molar-refractivity contribution in [2.75, 3.05) is 13.1 Å². The summed E-state index contributed by atoms with van der Waals surface area (Å²) in [6.45, 7) is 1.46. The lowest BCUT2D eigenvalue weighted by molar-refractivity contribution is -0.422. The van der Waals surface area contributed by atoms with Crippen molar-refractivity contribution in [3.63, 3.8) is 0 Å². The number of carbonyl (C=O) groups is 1. The zero-order chi connectivity index (χ0) is 14.7. The van der Waals surface area contributed by atoms with Crippen LogP contribution < -0.4 is 5.32 Å². The van der Waals surface area contributed by atoms with E-state index in [1.165, 1.54) is 6.07 Å². The first-order chi connectivity index (χ1) is 9.50. The van der Waals surface area contributed by atoms with Crippen LogP contribution in [0.1, 0.15) is 23.2 Å². The van der Waals surface area contributed by atoms with E-state index in [0.29, 0.717) is 12.8 Å². The molecule has 0 radical (unpaired) electrons. The number of nitrogens with one attached hydrogen (secondary N) is 1. The minimum atomic E-state index is -0.836. The summed E-state index contributed by atoms with van der Waals surface area (Å²) in [5.41, 5.74) is -1.08. The molecule has 106 valence electrons. The van der Waals surface area contributed by atoms with Gasteiger partial charge < -0.3 is 5.32 Å². The van der Waals surface area contributed by atoms with Gasteiger partial charge >= 0.3 is 11.4 Å². The number of hydrogen-bond acceptors (Lipinski definition) is 6. The molecule has 0 aromatic heterocycles. The molecule has 1 N–H and O–H groups in total. The molecule has 8 nitrogen and oxygen atoms in total. The molecule has 0 bridgehead atoms. The van der Waals surface area contributed by atoms with Crippen molar-refractivity contribution in [1.82, 2.24) is 5.32 Å². The molecule has 0 amide bonds. The van der Waals surface area contributed by atoms with Gasteiger partial charge in [-0.2, -0.15) is 0 Å². The van der Waals surface area contributed by atoms with E-state index < -0.39 is 21.2 Å². The molecule has 1 aliphatic rings. The zero-order valence-corrected chi connectivity index (χ0v) is 10.6. The number of nitro benzene ring substituents is 2. The number of nitro groups is 2. The molecule has 20 heavy (non-hydrogen) atoms. The fourth-order valence-corrected chi connectivity index (χ4v) is 2.30. The third kappa shape index (κ3) is 2.80. The predicted molar refractivity (Wildman–Crippen MR) is 69.7 cm³/mol. The second-order valence-corrected chi connectivity index (χ2v) is 4.61. The average Bonchev–Trinajstić information content (AvgIpc) is 2.46. The monoisotopic (exact) mass is 279 g/mol. The van der Waals surface area contributed by atoms with Gasteiger partial charge in [-0.05, 0) is 32.0 Å². The maximum atomic E-state index is 12.2. The van der Waals surface area contributed by atoms with Gasteiger partial charge in [0.1, 0.15) is 0 Å². The highest BCUT2D eigenvalue weighted by Gasteiger charge is 2.28. The van der Waals surface area contributed by atoms with Crippen LogP contribution in [-0.4, -0.2) is 28.7 Å². The molecule has 0 atom stereocenters. The second-order valence-electron chi connectivity index (χ2n) is 4.61. The lowest BCUT2D eigenvalue weighted by Crippen LogP contribution is -2.31. The summed E-state index contributed by atoms with van der Waals surface area (Å²) >= 11 is 0. The molecule has 8 heteroatoms. The molecule has 2 rings (SSSR count). The van der Waals surface area contributed by atoms with E-state index in [1.54, 1.807) is 0 Å². The number of nitrogens with zero attached hydrogens (tertiary/aromatic N) is 2. The normalized spacial score (nSPS) is 15.8. The van der Waals surface area contributed by atoms with E-state index in [-0.39, 0.29) is 17.3 Å². The first-order valence-corrected chi connectivity index (χ1v) is 6.18. The number of rotatable bonds is 4. The SMILES string of the molecule is O=C(c1ccc([N+](=O)[O-])c([N+](=O)[O-])c1)C1CCNCC1. The smallest absolute Gasteiger partial charge is 0.317 e. The molecule has 1 saturated heterocycles. The van der Waals surface area contributed by atoms with Crippen LogP contribution in [0.25, 0.3) is 0 Å². The number of ketones is 1. The maximum absolute atomic E-state index is 12.2. The summed E-state index contributed by atoms with van der Waals surface area (Å²) in [5.74, 6) is -0.373. The van der Waals surface area contributed by atoms with Crippen LogP contribution in [0.15, 0.2) is 18.2 Å². The number of carbonyl (C=O) groups excluding carboxylic acids is 1. The highest BCUT2D eigenvalue weighted by atomic mass is 16.6. The van der Waals surface area contributed by atoms with Gasteiger partial charge in [0, 0.05) is 23.6 Å². The van der Waals surface area contributed by atoms with Gasteiger partial charge in [0.05, 0.1) is 9.85 Å². The lowest BCUT2D eigenvalue weighted by atomic mass is 9.89. The van der Waals surface area contributed by atoms with E-state index in [9.17, 15) is 25.0 Å². The Morgan fingerprint density at radius 2 is 1.70 bits per heavy atom. The molecule has 0 unspecified atom stereocenters. The van der Waals surface area contributed by atoms with E-state index >= 15 is 0 Å². The fraction of sp³-hybridized carbons (Fsp3) is 0.417. The van der Waals surface area contributed by atoms with Crippen LogP contribution >= 0.6 is 0 Å². The molecule has 0 saturated carbocycles. The third-order valence-electron chi connectivity index (χ3n) is 3.36. The van der Waals surface area contributed by atoms with Gasteiger partial charge in [0.25, 0.3) is 0 Å². The number of Topliss-reactive ketones (excluding diaryl/α,β-unsaturated/α-hetero) is 1. The Bertz CT molecular complexity index is 566. The first-order valence-electron chi connectivity index (χ1n) is 6.18. The van der Waals surface area contributed by atoms with Crippen molar-refractivity contribution in [2.45, 2.75) is 12.8 Å². The van der Waals surface area contributed by atoms with Crippen LogP contribution in [0.5, 0.6) is 0 Å². The molecular formula is C12H13N3O5. The van der Waals surface area contributed by atoms with Gasteiger partial charge in [-0.15, -0.1) is 0 Å². The molecule has 1 fully saturated rings. The van der Waals surface area contributed by atoms with Gasteiger partial charge in [0.2, 0.25) is 0 Å². The Morgan fingerprint density at radius 1 is 1.10 bits per heavy atom. The number of benzene rings is 1. The Hall–Kier alpha value is -2.35. The van der Waals surface area contributed by atoms with Crippen LogP contribution in [0, 0.1) is 26.1 Å². The summed E-state index contributed by atoms with van der Waals surface area (Å²) in [5, 5.41) is 24.7. The largest absolute Gasteiger partial charge is 0.346 e. The topological polar surface area (TPSA) is 115 Å². The molecule has 1 aliphatic heterocycles. The fourth-order valence-electron chi connectivity index (χ4n) is 2.30. The van der Waals surface area contributed by atoms with Crippen molar-refractivity contribution in [1.29, 1.82) is 0 Å². The van der Waals surface area contributed by atoms with Gasteiger partial charge in [-0.25, -0.2) is 0 Å². The number of hydrogen-bond donors (Lipinski definition) is 1. The van der Waals surface area contributed by atoms with Crippen molar-refractivity contribution >= 4 is 17.2 Å². The predicted octanol–water partition coefficient (Wildman–Crippen LogP) is 1.69. The van der Waals surface area contributed by atoms with Crippen LogP contribution in [-0.2, 0) is 0 Å². The van der Waals surface area contributed by atoms with Gasteiger partial charge in [-0.1, -0.05) is 0 Å². The van der Waals surface area contributed by atoms with Crippen LogP contribution in [0.3, 0.4) is 0 Å². The van der Waals surface area contributed by atoms with Gasteiger partial charge in [0.15, 0.2) is 5.78 Å². The quantitative estimate of drug-likeness (QED) is 0.509. The van der Waals surface area contributed by atoms with Crippen molar-refractivity contribution in [3.8, 4) is 0 Å². The van der Waals surface area contributed by atoms with E-state index in [0.717, 1.165) is 25.2 Å². The highest BCUT2D eigenvalue weighted by molar-refractivity contribution is 5.98. The number of piperidine rings is 1. The lowest BCUT2D eigenvalue weighted by Gasteiger charge is -2.21. The molecule has 1 heterocycles. The standard InChI is InChI=1S/C12H13N3O5/c16-12(8-3-5-13-6-4-8)9-1-2-10(14(17)18)11(7-9)15(19)20/h1-2,7-8,13H,3-6H2. The molecule has 1 aromatic carbocycles. The molecular weight excluding hydrogens is 266 g/mol. The van der Waals surface area contributed by atoms with Crippen molar-refractivity contribution < 1.29 is 14.6 Å². The summed E-state index contributed by atoms with van der Waals surface area (Å²) in [6.07, 6.45) is 1.34. The van der Waals surface area contributed by atoms with Crippen molar-refractivity contribution in [3.05, 3.63) is 44.0 Å². The second kappa shape index (κ2) is 5.74.